The number of rotatable bonds is 15. The molecule has 0 saturated carbocycles. The number of carbonyl (C=O) groups excluding carboxylic acids is 3. The van der Waals surface area contributed by atoms with Gasteiger partial charge in [-0.25, -0.2) is 9.78 Å². The van der Waals surface area contributed by atoms with Crippen molar-refractivity contribution in [3.8, 4) is 0 Å². The normalized spacial score (nSPS) is 17.5. The van der Waals surface area contributed by atoms with E-state index in [1.807, 2.05) is 6.26 Å². The number of carboxylic acids is 1. The number of amides is 3. The van der Waals surface area contributed by atoms with Crippen molar-refractivity contribution in [2.24, 2.45) is 22.2 Å². The quantitative estimate of drug-likeness (QED) is 0.0744. The number of aliphatic imine (C=N–C) groups is 1. The first kappa shape index (κ1) is 29.9. The Morgan fingerprint density at radius 3 is 2.65 bits per heavy atom. The van der Waals surface area contributed by atoms with Crippen LogP contribution in [-0.2, 0) is 25.6 Å². The number of H-pyrrole nitrogens is 1. The average Bonchev–Trinajstić information content (AvgIpc) is 3.55. The lowest BCUT2D eigenvalue weighted by atomic mass is 10.1. The van der Waals surface area contributed by atoms with E-state index in [4.69, 9.17) is 17.2 Å². The van der Waals surface area contributed by atoms with Crippen LogP contribution in [0.4, 0.5) is 0 Å². The number of nitrogens with two attached hydrogens (primary N) is 3. The summed E-state index contributed by atoms with van der Waals surface area (Å²) in [5, 5.41) is 14.8. The number of thioether (sulfide) groups is 1. The van der Waals surface area contributed by atoms with Crippen LogP contribution < -0.4 is 27.8 Å². The van der Waals surface area contributed by atoms with E-state index in [-0.39, 0.29) is 31.3 Å². The van der Waals surface area contributed by atoms with Crippen LogP contribution >= 0.6 is 11.8 Å². The lowest BCUT2D eigenvalue weighted by Gasteiger charge is -2.28. The second-order valence-corrected chi connectivity index (χ2v) is 9.75. The molecule has 1 fully saturated rings. The molecule has 37 heavy (non-hydrogen) atoms. The van der Waals surface area contributed by atoms with Crippen molar-refractivity contribution >= 4 is 41.4 Å². The molecule has 1 aliphatic rings. The van der Waals surface area contributed by atoms with Crippen LogP contribution in [0, 0.1) is 0 Å². The van der Waals surface area contributed by atoms with Crippen molar-refractivity contribution < 1.29 is 24.3 Å². The van der Waals surface area contributed by atoms with Crippen LogP contribution in [0.3, 0.4) is 0 Å². The fourth-order valence-electron chi connectivity index (χ4n) is 4.01. The predicted molar refractivity (Wildman–Crippen MR) is 139 cm³/mol. The van der Waals surface area contributed by atoms with Crippen LogP contribution in [0.1, 0.15) is 37.8 Å². The molecule has 0 bridgehead atoms. The molecule has 2 heterocycles. The van der Waals surface area contributed by atoms with Crippen molar-refractivity contribution in [3.05, 3.63) is 18.2 Å². The summed E-state index contributed by atoms with van der Waals surface area (Å²) in [6.07, 6.45) is 6.84. The van der Waals surface area contributed by atoms with E-state index in [1.54, 1.807) is 11.8 Å². The second kappa shape index (κ2) is 15.0. The Labute approximate surface area is 219 Å². The number of carbonyl (C=O) groups is 4. The molecule has 206 valence electrons. The van der Waals surface area contributed by atoms with Crippen LogP contribution in [0.15, 0.2) is 17.5 Å². The average molecular weight is 540 g/mol. The Bertz CT molecular complexity index is 939. The van der Waals surface area contributed by atoms with Crippen molar-refractivity contribution in [1.29, 1.82) is 0 Å². The summed E-state index contributed by atoms with van der Waals surface area (Å²) in [7, 11) is 0. The SMILES string of the molecule is CSCCC(N)C(=O)N1CCCC1C(=O)NC(CCCN=C(N)N)C(=O)NC(Cc1cnc[nH]1)C(=O)O. The van der Waals surface area contributed by atoms with Gasteiger partial charge in [0.2, 0.25) is 17.7 Å². The second-order valence-electron chi connectivity index (χ2n) is 8.77. The van der Waals surface area contributed by atoms with Gasteiger partial charge in [-0.15, -0.1) is 0 Å². The van der Waals surface area contributed by atoms with Crippen molar-refractivity contribution in [3.63, 3.8) is 0 Å². The maximum atomic E-state index is 13.2. The van der Waals surface area contributed by atoms with Gasteiger partial charge < -0.3 is 42.8 Å². The molecule has 14 nitrogen and oxygen atoms in total. The van der Waals surface area contributed by atoms with Crippen molar-refractivity contribution in [1.82, 2.24) is 25.5 Å². The first-order valence-electron chi connectivity index (χ1n) is 12.0. The van der Waals surface area contributed by atoms with Gasteiger partial charge in [0.1, 0.15) is 18.1 Å². The largest absolute Gasteiger partial charge is 0.480 e. The monoisotopic (exact) mass is 539 g/mol. The van der Waals surface area contributed by atoms with Gasteiger partial charge in [0.05, 0.1) is 12.4 Å². The van der Waals surface area contributed by atoms with E-state index < -0.39 is 42.0 Å². The molecule has 0 aromatic carbocycles. The number of aliphatic carboxylic acids is 1. The van der Waals surface area contributed by atoms with Gasteiger partial charge in [0.25, 0.3) is 0 Å². The molecule has 1 aliphatic heterocycles. The Balaban J connectivity index is 2.11. The summed E-state index contributed by atoms with van der Waals surface area (Å²) in [4.78, 5) is 62.9. The van der Waals surface area contributed by atoms with E-state index in [9.17, 15) is 24.3 Å². The third-order valence-corrected chi connectivity index (χ3v) is 6.60. The molecular formula is C22H37N9O5S. The molecule has 0 aliphatic carbocycles. The Morgan fingerprint density at radius 1 is 1.27 bits per heavy atom. The molecule has 1 aromatic heterocycles. The minimum Gasteiger partial charge on any atom is -0.480 e. The minimum atomic E-state index is -1.25. The van der Waals surface area contributed by atoms with Crippen molar-refractivity contribution in [2.45, 2.75) is 62.7 Å². The zero-order valence-electron chi connectivity index (χ0n) is 20.9. The molecule has 4 atom stereocenters. The topological polar surface area (TPSA) is 235 Å². The molecular weight excluding hydrogens is 502 g/mol. The molecule has 0 spiro atoms. The standard InChI is InChI=1S/C22H37N9O5S/c1-37-9-6-14(23)20(34)31-8-3-5-17(31)19(33)29-15(4-2-7-27-22(24)25)18(32)30-16(21(35)36)10-13-11-26-12-28-13/h11-12,14-17H,2-10,23H2,1H3,(H,26,28)(H,29,33)(H,30,32)(H,35,36)(H4,24,25,27). The molecule has 15 heteroatoms. The number of imidazole rings is 1. The minimum absolute atomic E-state index is 0.0193. The van der Waals surface area contributed by atoms with Gasteiger partial charge in [-0.05, 0) is 44.1 Å². The molecule has 0 radical (unpaired) electrons. The van der Waals surface area contributed by atoms with E-state index in [0.717, 1.165) is 5.75 Å². The first-order chi connectivity index (χ1) is 17.6. The number of guanidine groups is 1. The fraction of sp³-hybridized carbons (Fsp3) is 0.636. The van der Waals surface area contributed by atoms with E-state index >= 15 is 0 Å². The molecule has 2 rings (SSSR count). The Hall–Kier alpha value is -3.33. The number of hydrogen-bond acceptors (Lipinski definition) is 8. The number of likely N-dealkylation sites (tertiary alicyclic amines) is 1. The molecule has 1 saturated heterocycles. The van der Waals surface area contributed by atoms with E-state index in [2.05, 4.69) is 25.6 Å². The number of aromatic amines is 1. The third kappa shape index (κ3) is 9.57. The highest BCUT2D eigenvalue weighted by molar-refractivity contribution is 7.98. The third-order valence-electron chi connectivity index (χ3n) is 5.96. The Morgan fingerprint density at radius 2 is 2.03 bits per heavy atom. The van der Waals surface area contributed by atoms with Gasteiger partial charge >= 0.3 is 5.97 Å². The highest BCUT2D eigenvalue weighted by Gasteiger charge is 2.37. The zero-order valence-corrected chi connectivity index (χ0v) is 21.7. The highest BCUT2D eigenvalue weighted by atomic mass is 32.2. The number of aromatic nitrogens is 2. The van der Waals surface area contributed by atoms with Crippen molar-refractivity contribution in [2.75, 3.05) is 25.1 Å². The number of hydrogen-bond donors (Lipinski definition) is 7. The summed E-state index contributed by atoms with van der Waals surface area (Å²) in [6, 6.07) is -3.78. The van der Waals surface area contributed by atoms with Crippen LogP contribution in [-0.4, -0.2) is 98.9 Å². The van der Waals surface area contributed by atoms with Crippen LogP contribution in [0.25, 0.3) is 0 Å². The van der Waals surface area contributed by atoms with E-state index in [1.165, 1.54) is 17.4 Å². The summed E-state index contributed by atoms with van der Waals surface area (Å²) >= 11 is 1.58. The molecule has 10 N–H and O–H groups in total. The van der Waals surface area contributed by atoms with Crippen LogP contribution in [0.2, 0.25) is 0 Å². The summed E-state index contributed by atoms with van der Waals surface area (Å²) in [5.41, 5.74) is 17.3. The summed E-state index contributed by atoms with van der Waals surface area (Å²) in [6.45, 7) is 0.618. The van der Waals surface area contributed by atoms with Gasteiger partial charge in [0.15, 0.2) is 5.96 Å². The molecule has 3 amide bonds. The zero-order chi connectivity index (χ0) is 27.4. The molecule has 4 unspecified atom stereocenters. The van der Waals surface area contributed by atoms with Gasteiger partial charge in [-0.3, -0.25) is 19.4 Å². The van der Waals surface area contributed by atoms with Gasteiger partial charge in [-0.2, -0.15) is 11.8 Å². The van der Waals surface area contributed by atoms with Gasteiger partial charge in [0, 0.05) is 31.4 Å². The number of carboxylic acid groups (broad SMARTS) is 1. The smallest absolute Gasteiger partial charge is 0.326 e. The molecule has 1 aromatic rings. The first-order valence-corrected chi connectivity index (χ1v) is 13.4. The van der Waals surface area contributed by atoms with Gasteiger partial charge in [-0.1, -0.05) is 0 Å². The van der Waals surface area contributed by atoms with Crippen LogP contribution in [0.5, 0.6) is 0 Å². The lowest BCUT2D eigenvalue weighted by molar-refractivity contribution is -0.143. The summed E-state index contributed by atoms with van der Waals surface area (Å²) < 4.78 is 0. The Kier molecular flexibility index (Phi) is 12.2. The fourth-order valence-corrected chi connectivity index (χ4v) is 4.50. The number of nitrogens with zero attached hydrogens (tertiary/aromatic N) is 3. The maximum absolute atomic E-state index is 13.2. The number of nitrogens with one attached hydrogen (secondary N) is 3. The predicted octanol–water partition coefficient (Wildman–Crippen LogP) is -1.87. The maximum Gasteiger partial charge on any atom is 0.326 e. The summed E-state index contributed by atoms with van der Waals surface area (Å²) in [5.74, 6) is -2.08. The van der Waals surface area contributed by atoms with E-state index in [0.29, 0.717) is 37.9 Å². The lowest BCUT2D eigenvalue weighted by Crippen LogP contribution is -2.56. The highest BCUT2D eigenvalue weighted by Crippen LogP contribution is 2.20.